The van der Waals surface area contributed by atoms with Crippen LogP contribution in [0.15, 0.2) is 109 Å². The van der Waals surface area contributed by atoms with Gasteiger partial charge in [-0.15, -0.1) is 36.6 Å². The summed E-state index contributed by atoms with van der Waals surface area (Å²) >= 11 is 5.05. The van der Waals surface area contributed by atoms with Gasteiger partial charge in [-0.2, -0.15) is 6.08 Å². The van der Waals surface area contributed by atoms with Crippen LogP contribution in [0.25, 0.3) is 10.1 Å². The van der Waals surface area contributed by atoms with Crippen LogP contribution in [0.3, 0.4) is 0 Å². The van der Waals surface area contributed by atoms with Gasteiger partial charge in [-0.25, -0.2) is 0 Å². The molecule has 233 valence electrons. The first-order valence-electron chi connectivity index (χ1n) is 13.3. The average Bonchev–Trinajstić information content (AvgIpc) is 3.44. The molecule has 1 atom stereocenters. The molecule has 2 aromatic heterocycles. The zero-order valence-electron chi connectivity index (χ0n) is 26.5. The summed E-state index contributed by atoms with van der Waals surface area (Å²) < 4.78 is 11.4. The Morgan fingerprint density at radius 3 is 2.16 bits per heavy atom. The number of methoxy groups -OCH3 is 2. The smallest absolute Gasteiger partial charge is 0.186 e. The summed E-state index contributed by atoms with van der Waals surface area (Å²) in [5, 5.41) is 4.11. The van der Waals surface area contributed by atoms with Crippen LogP contribution in [0.1, 0.15) is 43.3 Å². The molecule has 0 aliphatic rings. The number of benzene rings is 1. The Kier molecular flexibility index (Phi) is 24.7. The minimum Gasteiger partial charge on any atom is -0.493 e. The first-order valence-corrected chi connectivity index (χ1v) is 16.1. The molecule has 1 radical (unpaired) electrons. The minimum atomic E-state index is -1.19. The van der Waals surface area contributed by atoms with Crippen molar-refractivity contribution in [1.82, 2.24) is 4.98 Å². The molecule has 0 saturated heterocycles. The van der Waals surface area contributed by atoms with Crippen molar-refractivity contribution in [1.29, 1.82) is 0 Å². The van der Waals surface area contributed by atoms with Crippen molar-refractivity contribution >= 4 is 58.2 Å². The molecular formula is C35H43NO4PS2Y-. The van der Waals surface area contributed by atoms with Gasteiger partial charge in [0.25, 0.3) is 0 Å². The molecule has 0 aliphatic heterocycles. The summed E-state index contributed by atoms with van der Waals surface area (Å²) in [7, 11) is 1.95. The molecule has 0 amide bonds. The minimum absolute atomic E-state index is 0. The number of ether oxygens (including phenoxy) is 2. The average molecular weight is 726 g/mol. The third-order valence-electron chi connectivity index (χ3n) is 5.51. The van der Waals surface area contributed by atoms with Crippen LogP contribution in [0.5, 0.6) is 11.5 Å². The maximum atomic E-state index is 12.0. The quantitative estimate of drug-likeness (QED) is 0.0626. The van der Waals surface area contributed by atoms with E-state index in [1.165, 1.54) is 22.0 Å². The molecule has 0 spiro atoms. The molecule has 1 aromatic carbocycles. The van der Waals surface area contributed by atoms with Crippen LogP contribution in [-0.2, 0) is 37.5 Å². The van der Waals surface area contributed by atoms with Gasteiger partial charge in [-0.3, -0.25) is 21.2 Å². The number of pyridine rings is 1. The predicted octanol–water partition coefficient (Wildman–Crippen LogP) is 9.44. The second-order valence-corrected chi connectivity index (χ2v) is 12.2. The van der Waals surface area contributed by atoms with Gasteiger partial charge in [0.1, 0.15) is 5.30 Å². The Bertz CT molecular complexity index is 1400. The Hall–Kier alpha value is -2.41. The van der Waals surface area contributed by atoms with Crippen molar-refractivity contribution in [2.75, 3.05) is 14.2 Å². The second-order valence-electron chi connectivity index (χ2n) is 8.17. The summed E-state index contributed by atoms with van der Waals surface area (Å²) in [5.74, 6) is 1.21. The van der Waals surface area contributed by atoms with Gasteiger partial charge in [0, 0.05) is 70.4 Å². The number of aromatic nitrogens is 1. The first kappa shape index (κ1) is 43.7. The molecule has 0 fully saturated rings. The number of allylic oxidation sites excluding steroid dienone is 9. The Morgan fingerprint density at radius 2 is 1.66 bits per heavy atom. The van der Waals surface area contributed by atoms with E-state index in [0.29, 0.717) is 16.4 Å². The molecule has 3 aromatic rings. The zero-order valence-corrected chi connectivity index (χ0v) is 32.1. The molecule has 0 bridgehead atoms. The van der Waals surface area contributed by atoms with E-state index in [-0.39, 0.29) is 63.9 Å². The fourth-order valence-electron chi connectivity index (χ4n) is 3.74. The standard InChI is InChI=1S/C18H19NP.C14H14O4S2.C2H6.CH3.Y/c1-5-10-16(8-4)20(17(11-6-2)12-7-3)18-13-9-14-19-15-18;1-17-10-5-8-6-13(9(15)3-4-14(16)19)20-12(8)7-11(10)18-2;1-2;;/h4-15H,1-2H2,3H3;5-7H,3-4H2,1-2H3,(H,16,19);1-2H3;1H3;/q-1;;;-1;/p+1/b12-7-,16-10+,17-11+;;;;. The van der Waals surface area contributed by atoms with E-state index in [9.17, 15) is 9.59 Å². The number of thiophene rings is 1. The predicted molar refractivity (Wildman–Crippen MR) is 193 cm³/mol. The largest absolute Gasteiger partial charge is 0.493 e. The van der Waals surface area contributed by atoms with Gasteiger partial charge in [0.05, 0.1) is 30.6 Å². The number of Topliss-reactive ketones (excluding diaryl/α,β-unsaturated/α-hetero) is 1. The summed E-state index contributed by atoms with van der Waals surface area (Å²) in [6.45, 7) is 19.4. The van der Waals surface area contributed by atoms with E-state index in [2.05, 4.69) is 42.9 Å². The number of carbonyl (C=O) groups excluding carboxylic acids is 2. The van der Waals surface area contributed by atoms with Crippen molar-refractivity contribution in [2.45, 2.75) is 33.6 Å². The number of fused-ring (bicyclic) bond motifs is 1. The summed E-state index contributed by atoms with van der Waals surface area (Å²) in [6.07, 6.45) is 17.4. The Morgan fingerprint density at radius 1 is 1.05 bits per heavy atom. The van der Waals surface area contributed by atoms with Gasteiger partial charge in [-0.1, -0.05) is 38.7 Å². The van der Waals surface area contributed by atoms with Gasteiger partial charge >= 0.3 is 0 Å². The number of nitrogens with zero attached hydrogens (tertiary/aromatic N) is 1. The molecule has 5 nitrogen and oxygen atoms in total. The van der Waals surface area contributed by atoms with E-state index in [1.54, 1.807) is 38.6 Å². The molecule has 1 unspecified atom stereocenters. The number of ketones is 1. The first-order chi connectivity index (χ1) is 20.3. The molecular weight excluding hydrogens is 682 g/mol. The maximum Gasteiger partial charge on any atom is 0.186 e. The van der Waals surface area contributed by atoms with Crippen molar-refractivity contribution in [3.8, 4) is 11.5 Å². The van der Waals surface area contributed by atoms with E-state index in [0.717, 1.165) is 15.4 Å². The Labute approximate surface area is 300 Å². The van der Waals surface area contributed by atoms with Crippen LogP contribution in [0.4, 0.5) is 0 Å². The van der Waals surface area contributed by atoms with E-state index in [1.807, 2.05) is 69.5 Å². The van der Waals surface area contributed by atoms with Gasteiger partial charge in [0.2, 0.25) is 0 Å². The van der Waals surface area contributed by atoms with Crippen molar-refractivity contribution in [2.24, 2.45) is 0 Å². The number of hydrogen-bond donors (Lipinski definition) is 1. The van der Waals surface area contributed by atoms with Gasteiger partial charge in [0.15, 0.2) is 22.4 Å². The molecule has 3 rings (SSSR count). The molecule has 0 aliphatic carbocycles. The van der Waals surface area contributed by atoms with Gasteiger partial charge in [-0.05, 0) is 54.0 Å². The van der Waals surface area contributed by atoms with E-state index in [4.69, 9.17) is 16.1 Å². The van der Waals surface area contributed by atoms with Crippen LogP contribution < -0.4 is 14.8 Å². The number of hydrogen-bond acceptors (Lipinski definition) is 6. The van der Waals surface area contributed by atoms with Crippen molar-refractivity contribution < 1.29 is 51.8 Å². The summed E-state index contributed by atoms with van der Waals surface area (Å²) in [4.78, 5) is 27.6. The normalized spacial score (nSPS) is 11.3. The SMILES string of the molecule is CC.COc1cc2cc(C(=O)CCC(=O)S)sc2cc1OC.[CH-]=C/C(=C\C=C)[PH+](C(/C=C\C)=C/C=C)c1cccnc1.[CH3-].[Y]. The van der Waals surface area contributed by atoms with Crippen LogP contribution in [-0.4, -0.2) is 30.1 Å². The van der Waals surface area contributed by atoms with E-state index >= 15 is 0 Å². The third kappa shape index (κ3) is 13.7. The fraction of sp³-hybridized carbons (Fsp3) is 0.200. The number of carbonyl (C=O) groups is 2. The van der Waals surface area contributed by atoms with Crippen LogP contribution in [0, 0.1) is 14.0 Å². The van der Waals surface area contributed by atoms with Crippen molar-refractivity contribution in [3.63, 3.8) is 0 Å². The monoisotopic (exact) mass is 725 g/mol. The van der Waals surface area contributed by atoms with E-state index < -0.39 is 7.92 Å². The molecule has 2 heterocycles. The molecule has 9 heteroatoms. The van der Waals surface area contributed by atoms with Crippen molar-refractivity contribution in [3.05, 3.63) is 128 Å². The number of rotatable bonds is 13. The third-order valence-corrected chi connectivity index (χ3v) is 9.57. The summed E-state index contributed by atoms with van der Waals surface area (Å²) in [6, 6.07) is 9.53. The molecule has 0 saturated carbocycles. The number of thiol groups is 1. The molecule has 44 heavy (non-hydrogen) atoms. The van der Waals surface area contributed by atoms with Crippen LogP contribution >= 0.6 is 31.9 Å². The maximum absolute atomic E-state index is 12.0. The van der Waals surface area contributed by atoms with Crippen LogP contribution in [0.2, 0.25) is 0 Å². The molecule has 0 N–H and O–H groups in total. The summed E-state index contributed by atoms with van der Waals surface area (Å²) in [5.41, 5.74) is 0. The Balaban J connectivity index is 0. The van der Waals surface area contributed by atoms with Gasteiger partial charge < -0.3 is 16.9 Å². The fourth-order valence-corrected chi connectivity index (χ4v) is 7.42. The second kappa shape index (κ2) is 24.9. The zero-order chi connectivity index (χ0) is 31.5. The topological polar surface area (TPSA) is 65.5 Å².